The molecule has 0 bridgehead atoms. The molecule has 1 aliphatic rings. The van der Waals surface area contributed by atoms with Crippen molar-refractivity contribution >= 4 is 29.6 Å². The summed E-state index contributed by atoms with van der Waals surface area (Å²) < 4.78 is 26.9. The third-order valence-corrected chi connectivity index (χ3v) is 5.48. The summed E-state index contributed by atoms with van der Waals surface area (Å²) in [7, 11) is 1.56. The molecule has 0 unspecified atom stereocenters. The number of methoxy groups -OCH3 is 1. The lowest BCUT2D eigenvalue weighted by Gasteiger charge is -2.13. The van der Waals surface area contributed by atoms with Crippen molar-refractivity contribution in [3.05, 3.63) is 71.8 Å². The molecule has 1 aliphatic heterocycles. The molecular weight excluding hydrogens is 520 g/mol. The maximum atomic E-state index is 12.3. The van der Waals surface area contributed by atoms with Crippen LogP contribution in [-0.2, 0) is 20.9 Å². The van der Waals surface area contributed by atoms with Gasteiger partial charge in [0.1, 0.15) is 5.75 Å². The monoisotopic (exact) mass is 548 g/mol. The Morgan fingerprint density at radius 2 is 1.73 bits per heavy atom. The normalized spacial score (nSPS) is 11.6. The van der Waals surface area contributed by atoms with Crippen LogP contribution in [0.3, 0.4) is 0 Å². The molecule has 0 radical (unpaired) electrons. The second kappa shape index (κ2) is 13.5. The average molecular weight is 549 g/mol. The zero-order valence-corrected chi connectivity index (χ0v) is 21.9. The van der Waals surface area contributed by atoms with Gasteiger partial charge in [-0.1, -0.05) is 6.07 Å². The molecule has 0 fully saturated rings. The fourth-order valence-corrected chi connectivity index (χ4v) is 3.54. The van der Waals surface area contributed by atoms with Crippen LogP contribution in [0.1, 0.15) is 18.1 Å². The summed E-state index contributed by atoms with van der Waals surface area (Å²) in [6.07, 6.45) is 1.35. The quantitative estimate of drug-likeness (QED) is 0.188. The second-order valence-corrected chi connectivity index (χ2v) is 8.27. The van der Waals surface area contributed by atoms with Gasteiger partial charge in [0, 0.05) is 12.2 Å². The Hall–Kier alpha value is -5.26. The highest BCUT2D eigenvalue weighted by Gasteiger charge is 2.16. The summed E-state index contributed by atoms with van der Waals surface area (Å²) >= 11 is 0. The van der Waals surface area contributed by atoms with Crippen LogP contribution in [0, 0.1) is 0 Å². The van der Waals surface area contributed by atoms with Crippen LogP contribution in [0.2, 0.25) is 0 Å². The van der Waals surface area contributed by atoms with E-state index < -0.39 is 11.8 Å². The van der Waals surface area contributed by atoms with Crippen LogP contribution in [0.15, 0.2) is 65.8 Å². The molecule has 3 aromatic carbocycles. The van der Waals surface area contributed by atoms with E-state index in [9.17, 15) is 14.4 Å². The topological polar surface area (TPSA) is 146 Å². The fraction of sp³-hybridized carbons (Fsp3) is 0.214. The largest absolute Gasteiger partial charge is 0.497 e. The van der Waals surface area contributed by atoms with Gasteiger partial charge in [-0.15, -0.1) is 0 Å². The predicted molar refractivity (Wildman–Crippen MR) is 145 cm³/mol. The number of hydrogen-bond acceptors (Lipinski definition) is 9. The summed E-state index contributed by atoms with van der Waals surface area (Å²) in [4.78, 5) is 36.5. The number of fused-ring (bicyclic) bond motifs is 1. The Bertz CT molecular complexity index is 1390. The molecule has 1 heterocycles. The van der Waals surface area contributed by atoms with Gasteiger partial charge in [0.05, 0.1) is 19.9 Å². The minimum atomic E-state index is -0.926. The molecule has 0 saturated carbocycles. The number of anilines is 1. The first-order valence-electron chi connectivity index (χ1n) is 12.3. The van der Waals surface area contributed by atoms with Crippen LogP contribution in [0.25, 0.3) is 0 Å². The first-order chi connectivity index (χ1) is 19.4. The van der Waals surface area contributed by atoms with Crippen LogP contribution < -0.4 is 39.7 Å². The van der Waals surface area contributed by atoms with Gasteiger partial charge in [-0.2, -0.15) is 5.10 Å². The van der Waals surface area contributed by atoms with Crippen LogP contribution >= 0.6 is 0 Å². The maximum Gasteiger partial charge on any atom is 0.329 e. The summed E-state index contributed by atoms with van der Waals surface area (Å²) in [6, 6.07) is 17.1. The maximum absolute atomic E-state index is 12.3. The third-order valence-electron chi connectivity index (χ3n) is 5.48. The number of ether oxygens (including phenoxy) is 5. The van der Waals surface area contributed by atoms with E-state index in [1.54, 1.807) is 67.8 Å². The average Bonchev–Trinajstić information content (AvgIpc) is 3.44. The zero-order valence-electron chi connectivity index (χ0n) is 21.9. The third kappa shape index (κ3) is 7.63. The summed E-state index contributed by atoms with van der Waals surface area (Å²) in [5, 5.41) is 9.09. The summed E-state index contributed by atoms with van der Waals surface area (Å²) in [5.74, 6) is 0.515. The van der Waals surface area contributed by atoms with Crippen molar-refractivity contribution in [1.82, 2.24) is 10.7 Å². The predicted octanol–water partition coefficient (Wildman–Crippen LogP) is 2.61. The summed E-state index contributed by atoms with van der Waals surface area (Å²) in [6.45, 7) is 2.20. The number of nitrogens with zero attached hydrogens (tertiary/aromatic N) is 1. The SMILES string of the molecule is CCOc1cc(/C=N\NC(=O)C(=O)NCc2ccc3c(c2)OCO3)ccc1OCC(=O)Nc1ccc(OC)cc1. The number of carbonyl (C=O) groups is 3. The molecule has 0 aliphatic carbocycles. The van der Waals surface area contributed by atoms with Crippen LogP contribution in [-0.4, -0.2) is 51.1 Å². The minimum Gasteiger partial charge on any atom is -0.497 e. The highest BCUT2D eigenvalue weighted by atomic mass is 16.7. The molecule has 208 valence electrons. The molecule has 0 atom stereocenters. The first kappa shape index (κ1) is 27.8. The lowest BCUT2D eigenvalue weighted by molar-refractivity contribution is -0.139. The Balaban J connectivity index is 1.26. The highest BCUT2D eigenvalue weighted by molar-refractivity contribution is 6.35. The molecule has 3 amide bonds. The van der Waals surface area contributed by atoms with Gasteiger partial charge >= 0.3 is 11.8 Å². The number of amides is 3. The number of hydrazone groups is 1. The fourth-order valence-electron chi connectivity index (χ4n) is 3.54. The molecular formula is C28H28N4O8. The lowest BCUT2D eigenvalue weighted by atomic mass is 10.2. The Labute approximate surface area is 230 Å². The van der Waals surface area contributed by atoms with Crippen molar-refractivity contribution in [2.24, 2.45) is 5.10 Å². The van der Waals surface area contributed by atoms with Crippen molar-refractivity contribution in [2.75, 3.05) is 32.4 Å². The number of carbonyl (C=O) groups excluding carboxylic acids is 3. The number of benzene rings is 3. The van der Waals surface area contributed by atoms with Crippen LogP contribution in [0.5, 0.6) is 28.7 Å². The molecule has 0 aromatic heterocycles. The van der Waals surface area contributed by atoms with E-state index in [1.165, 1.54) is 6.21 Å². The van der Waals surface area contributed by atoms with Gasteiger partial charge in [0.2, 0.25) is 6.79 Å². The molecule has 3 aromatic rings. The smallest absolute Gasteiger partial charge is 0.329 e. The molecule has 40 heavy (non-hydrogen) atoms. The van der Waals surface area contributed by atoms with Crippen molar-refractivity contribution < 1.29 is 38.1 Å². The lowest BCUT2D eigenvalue weighted by Crippen LogP contribution is -2.37. The molecule has 12 nitrogen and oxygen atoms in total. The second-order valence-electron chi connectivity index (χ2n) is 8.27. The van der Waals surface area contributed by atoms with E-state index in [1.807, 2.05) is 6.92 Å². The Kier molecular flexibility index (Phi) is 9.38. The van der Waals surface area contributed by atoms with Crippen LogP contribution in [0.4, 0.5) is 5.69 Å². The van der Waals surface area contributed by atoms with E-state index in [4.69, 9.17) is 23.7 Å². The van der Waals surface area contributed by atoms with Gasteiger partial charge in [-0.25, -0.2) is 5.43 Å². The van der Waals surface area contributed by atoms with Crippen molar-refractivity contribution in [2.45, 2.75) is 13.5 Å². The van der Waals surface area contributed by atoms with E-state index >= 15 is 0 Å². The molecule has 0 spiro atoms. The molecule has 4 rings (SSSR count). The molecule has 0 saturated heterocycles. The summed E-state index contributed by atoms with van der Waals surface area (Å²) in [5.41, 5.74) is 4.11. The van der Waals surface area contributed by atoms with Gasteiger partial charge in [-0.3, -0.25) is 14.4 Å². The van der Waals surface area contributed by atoms with Gasteiger partial charge in [0.25, 0.3) is 5.91 Å². The Morgan fingerprint density at radius 1 is 0.925 bits per heavy atom. The van der Waals surface area contributed by atoms with Gasteiger partial charge in [0.15, 0.2) is 29.6 Å². The van der Waals surface area contributed by atoms with E-state index in [-0.39, 0.29) is 25.9 Å². The zero-order chi connectivity index (χ0) is 28.3. The van der Waals surface area contributed by atoms with Gasteiger partial charge < -0.3 is 34.3 Å². The van der Waals surface area contributed by atoms with E-state index in [2.05, 4.69) is 21.2 Å². The van der Waals surface area contributed by atoms with E-state index in [0.717, 1.165) is 5.56 Å². The van der Waals surface area contributed by atoms with Crippen molar-refractivity contribution in [3.8, 4) is 28.7 Å². The number of nitrogens with one attached hydrogen (secondary N) is 3. The van der Waals surface area contributed by atoms with E-state index in [0.29, 0.717) is 46.6 Å². The van der Waals surface area contributed by atoms with Crippen molar-refractivity contribution in [1.29, 1.82) is 0 Å². The highest BCUT2D eigenvalue weighted by Crippen LogP contribution is 2.32. The molecule has 12 heteroatoms. The number of hydrogen-bond donors (Lipinski definition) is 3. The minimum absolute atomic E-state index is 0.129. The Morgan fingerprint density at radius 3 is 2.50 bits per heavy atom. The molecule has 3 N–H and O–H groups in total. The number of rotatable bonds is 11. The first-order valence-corrected chi connectivity index (χ1v) is 12.3. The van der Waals surface area contributed by atoms with Crippen molar-refractivity contribution in [3.63, 3.8) is 0 Å². The van der Waals surface area contributed by atoms with Gasteiger partial charge in [-0.05, 0) is 72.6 Å². The standard InChI is InChI=1S/C28H28N4O8/c1-3-37-24-13-19(5-10-22(24)38-16-26(33)31-20-6-8-21(36-2)9-7-20)15-30-32-28(35)27(34)29-14-18-4-11-23-25(12-18)40-17-39-23/h4-13,15H,3,14,16-17H2,1-2H3,(H,29,34)(H,31,33)(H,32,35)/b30-15-.